The van der Waals surface area contributed by atoms with Gasteiger partial charge in [-0.2, -0.15) is 0 Å². The van der Waals surface area contributed by atoms with Crippen LogP contribution < -0.4 is 0 Å². The molecule has 2 aliphatic heterocycles. The van der Waals surface area contributed by atoms with Gasteiger partial charge in [-0.1, -0.05) is 60.1 Å². The Morgan fingerprint density at radius 1 is 0.750 bits per heavy atom. The van der Waals surface area contributed by atoms with E-state index in [0.717, 1.165) is 38.5 Å². The predicted octanol–water partition coefficient (Wildman–Crippen LogP) is 2.41. The van der Waals surface area contributed by atoms with Gasteiger partial charge in [0.05, 0.1) is 37.6 Å². The minimum atomic E-state index is -1.70. The lowest BCUT2D eigenvalue weighted by Crippen LogP contribution is -2.69. The molecular weight excluding hydrogens is 724 g/mol. The van der Waals surface area contributed by atoms with E-state index in [1.165, 1.54) is 5.57 Å². The van der Waals surface area contributed by atoms with Crippen molar-refractivity contribution >= 4 is 0 Å². The van der Waals surface area contributed by atoms with Crippen LogP contribution in [0.15, 0.2) is 11.6 Å². The number of rotatable bonds is 7. The van der Waals surface area contributed by atoms with E-state index in [2.05, 4.69) is 54.5 Å². The molecule has 20 atom stereocenters. The van der Waals surface area contributed by atoms with E-state index in [0.29, 0.717) is 12.8 Å². The number of allylic oxidation sites excluding steroid dienone is 1. The molecule has 0 spiro atoms. The normalized spacial score (nSPS) is 55.2. The fourth-order valence-electron chi connectivity index (χ4n) is 14.0. The van der Waals surface area contributed by atoms with Gasteiger partial charge >= 0.3 is 0 Å². The molecule has 0 aromatic carbocycles. The van der Waals surface area contributed by atoms with Gasteiger partial charge in [-0.05, 0) is 97.2 Å². The summed E-state index contributed by atoms with van der Waals surface area (Å²) in [6, 6.07) is 0. The summed E-state index contributed by atoms with van der Waals surface area (Å²) < 4.78 is 30.8. The maximum absolute atomic E-state index is 12.1. The first-order valence-electron chi connectivity index (χ1n) is 21.2. The zero-order valence-electron chi connectivity index (χ0n) is 35.0. The average Bonchev–Trinajstić information content (AvgIpc) is 3.13. The van der Waals surface area contributed by atoms with Gasteiger partial charge in [0.2, 0.25) is 0 Å². The van der Waals surface area contributed by atoms with Crippen molar-refractivity contribution in [1.29, 1.82) is 0 Å². The van der Waals surface area contributed by atoms with Gasteiger partial charge in [0.1, 0.15) is 42.7 Å². The number of hydrogen-bond acceptors (Lipinski definition) is 13. The Kier molecular flexibility index (Phi) is 11.4. The number of aliphatic hydroxyl groups is 8. The summed E-state index contributed by atoms with van der Waals surface area (Å²) in [5.74, 6) is 0.413. The molecule has 0 bridgehead atoms. The zero-order valence-corrected chi connectivity index (χ0v) is 35.0. The molecule has 13 nitrogen and oxygen atoms in total. The van der Waals surface area contributed by atoms with Gasteiger partial charge < -0.3 is 64.5 Å². The predicted molar refractivity (Wildman–Crippen MR) is 204 cm³/mol. The van der Waals surface area contributed by atoms with Crippen molar-refractivity contribution in [2.45, 2.75) is 186 Å². The molecule has 13 heteroatoms. The highest BCUT2D eigenvalue weighted by Gasteiger charge is 2.72. The Balaban J connectivity index is 1.15. The third-order valence-electron chi connectivity index (χ3n) is 17.5. The highest BCUT2D eigenvalue weighted by molar-refractivity contribution is 5.37. The van der Waals surface area contributed by atoms with Crippen LogP contribution in [0.3, 0.4) is 0 Å². The van der Waals surface area contributed by atoms with Gasteiger partial charge in [0.25, 0.3) is 0 Å². The minimum Gasteiger partial charge on any atom is -0.396 e. The fourth-order valence-corrected chi connectivity index (χ4v) is 14.0. The van der Waals surface area contributed by atoms with E-state index in [9.17, 15) is 40.9 Å². The van der Waals surface area contributed by atoms with Gasteiger partial charge in [-0.3, -0.25) is 0 Å². The number of ether oxygens (including phenoxy) is 5. The second kappa shape index (κ2) is 14.7. The minimum absolute atomic E-state index is 0.0206. The molecule has 2 saturated heterocycles. The van der Waals surface area contributed by atoms with Crippen LogP contribution in [-0.4, -0.2) is 141 Å². The fraction of sp³-hybridized carbons (Fsp3) is 0.953. The van der Waals surface area contributed by atoms with Crippen molar-refractivity contribution in [3.8, 4) is 0 Å². The standard InChI is InChI=1S/C43H72O13/c1-21-29(47)34(56-36-32(50)31(49)30(48)25(19-44)54-36)33(51)37(53-21)55-28-11-12-40(6)26(39(28,4)5)10-13-41(7)35(40)24(52-9)16-22-23-17-38(2,3)14-15-43(23,20-45)27(46)18-42(22,41)8/h16,21,23-37,44-51H,10-15,17-20H2,1-9H3/t21-,23?,24-,25-,26?,27?,28+,29+,30-,31+,32-,33-,34+,35?,36+,37+,40+,41-,42-,43?/m1/s1. The molecule has 5 unspecified atom stereocenters. The lowest BCUT2D eigenvalue weighted by atomic mass is 9.33. The largest absolute Gasteiger partial charge is 0.396 e. The van der Waals surface area contributed by atoms with Crippen LogP contribution in [0, 0.1) is 50.2 Å². The summed E-state index contributed by atoms with van der Waals surface area (Å²) in [6.07, 6.45) is -5.92. The highest BCUT2D eigenvalue weighted by Crippen LogP contribution is 2.76. The summed E-state index contributed by atoms with van der Waals surface area (Å²) in [5.41, 5.74) is -0.117. The molecule has 0 radical (unpaired) electrons. The van der Waals surface area contributed by atoms with Crippen LogP contribution in [-0.2, 0) is 23.7 Å². The van der Waals surface area contributed by atoms with Gasteiger partial charge in [-0.25, -0.2) is 0 Å². The number of hydrogen-bond donors (Lipinski definition) is 8. The van der Waals surface area contributed by atoms with Crippen LogP contribution in [0.2, 0.25) is 0 Å². The molecular formula is C43H72O13. The maximum atomic E-state index is 12.1. The third kappa shape index (κ3) is 6.26. The molecule has 0 aromatic rings. The van der Waals surface area contributed by atoms with Crippen LogP contribution in [0.25, 0.3) is 0 Å². The third-order valence-corrected chi connectivity index (χ3v) is 17.5. The maximum Gasteiger partial charge on any atom is 0.187 e. The molecule has 0 aromatic heterocycles. The summed E-state index contributed by atoms with van der Waals surface area (Å²) >= 11 is 0. The van der Waals surface area contributed by atoms with E-state index in [1.807, 2.05) is 7.11 Å². The molecule has 322 valence electrons. The molecule has 4 saturated carbocycles. The molecule has 6 fully saturated rings. The SMILES string of the molecule is CO[C@@H]1C=C2C3CC(C)(C)CCC3(CO)C(O)C[C@@]2(C)[C@]2(C)CCC3C(C)(C)[C@@H](O[C@@H]4O[C@H](C)[C@H](O)[C@H](O[C@@H]5O[C@H](CO)[C@@H](O)[C@H](O)[C@H]5O)[C@H]4O)CC[C@]3(C)C12. The number of aliphatic hydroxyl groups excluding tert-OH is 8. The molecule has 7 rings (SSSR count). The summed E-state index contributed by atoms with van der Waals surface area (Å²) in [5, 5.41) is 86.7. The number of methoxy groups -OCH3 is 1. The molecule has 7 aliphatic rings. The van der Waals surface area contributed by atoms with Crippen molar-refractivity contribution in [3.05, 3.63) is 11.6 Å². The van der Waals surface area contributed by atoms with Crippen LogP contribution in [0.5, 0.6) is 0 Å². The molecule has 8 N–H and O–H groups in total. The first kappa shape index (κ1) is 43.3. The van der Waals surface area contributed by atoms with Crippen molar-refractivity contribution in [1.82, 2.24) is 0 Å². The Bertz CT molecular complexity index is 1470. The van der Waals surface area contributed by atoms with E-state index in [-0.39, 0.29) is 63.6 Å². The summed E-state index contributed by atoms with van der Waals surface area (Å²) in [4.78, 5) is 0. The van der Waals surface area contributed by atoms with E-state index >= 15 is 0 Å². The molecule has 5 aliphatic carbocycles. The number of fused-ring (bicyclic) bond motifs is 7. The van der Waals surface area contributed by atoms with Crippen LogP contribution >= 0.6 is 0 Å². The van der Waals surface area contributed by atoms with Crippen molar-refractivity contribution in [2.24, 2.45) is 50.2 Å². The van der Waals surface area contributed by atoms with Crippen molar-refractivity contribution < 1.29 is 64.5 Å². The van der Waals surface area contributed by atoms with Gasteiger partial charge in [0.15, 0.2) is 12.6 Å². The Morgan fingerprint density at radius 3 is 2.07 bits per heavy atom. The topological polar surface area (TPSA) is 208 Å². The quantitative estimate of drug-likeness (QED) is 0.138. The Labute approximate surface area is 332 Å². The first-order valence-corrected chi connectivity index (χ1v) is 21.2. The van der Waals surface area contributed by atoms with Gasteiger partial charge in [0, 0.05) is 18.4 Å². The molecule has 2 heterocycles. The monoisotopic (exact) mass is 796 g/mol. The average molecular weight is 797 g/mol. The molecule has 0 amide bonds. The van der Waals surface area contributed by atoms with E-state index in [4.69, 9.17) is 23.7 Å². The zero-order chi connectivity index (χ0) is 41.1. The second-order valence-electron chi connectivity index (χ2n) is 21.2. The van der Waals surface area contributed by atoms with Crippen LogP contribution in [0.1, 0.15) is 107 Å². The highest BCUT2D eigenvalue weighted by atomic mass is 16.7. The van der Waals surface area contributed by atoms with Crippen molar-refractivity contribution in [2.75, 3.05) is 20.3 Å². The van der Waals surface area contributed by atoms with E-state index < -0.39 is 79.5 Å². The summed E-state index contributed by atoms with van der Waals surface area (Å²) in [6.45, 7) is 17.3. The Morgan fingerprint density at radius 2 is 1.43 bits per heavy atom. The lowest BCUT2D eigenvalue weighted by Gasteiger charge is -2.73. The van der Waals surface area contributed by atoms with Crippen LogP contribution in [0.4, 0.5) is 0 Å². The van der Waals surface area contributed by atoms with E-state index in [1.54, 1.807) is 6.92 Å². The lowest BCUT2D eigenvalue weighted by molar-refractivity contribution is -0.367. The Hall–Kier alpha value is -0.780. The first-order chi connectivity index (χ1) is 26.1. The smallest absolute Gasteiger partial charge is 0.187 e. The second-order valence-corrected chi connectivity index (χ2v) is 21.2. The molecule has 56 heavy (non-hydrogen) atoms. The van der Waals surface area contributed by atoms with Gasteiger partial charge in [-0.15, -0.1) is 0 Å². The summed E-state index contributed by atoms with van der Waals surface area (Å²) in [7, 11) is 1.82. The van der Waals surface area contributed by atoms with Crippen molar-refractivity contribution in [3.63, 3.8) is 0 Å².